The van der Waals surface area contributed by atoms with Crippen LogP contribution < -0.4 is 10.9 Å². The molecule has 7 heteroatoms. The third kappa shape index (κ3) is 3.02. The molecule has 2 amide bonds. The van der Waals surface area contributed by atoms with Crippen LogP contribution in [0, 0.1) is 17.8 Å². The van der Waals surface area contributed by atoms with Gasteiger partial charge in [0.1, 0.15) is 0 Å². The van der Waals surface area contributed by atoms with Crippen LogP contribution in [0.25, 0.3) is 5.57 Å². The Labute approximate surface area is 175 Å². The Kier molecular flexibility index (Phi) is 4.81. The second kappa shape index (κ2) is 7.38. The smallest absolute Gasteiger partial charge is 0.258 e. The number of carbonyl (C=O) groups excluding carboxylic acids is 2. The van der Waals surface area contributed by atoms with E-state index < -0.39 is 12.0 Å². The molecule has 2 aliphatic heterocycles. The normalized spacial score (nSPS) is 29.5. The minimum Gasteiger partial charge on any atom is -0.396 e. The van der Waals surface area contributed by atoms with Crippen molar-refractivity contribution in [1.82, 2.24) is 14.8 Å². The number of pyridine rings is 1. The van der Waals surface area contributed by atoms with Crippen molar-refractivity contribution in [3.63, 3.8) is 0 Å². The van der Waals surface area contributed by atoms with Gasteiger partial charge in [0.15, 0.2) is 0 Å². The standard InChI is InChI=1S/C23H29N3O4/c1-13(28)26-19-11-25-18(9-8-16(23(25)30)15-4-2-3-5-15)21(26)20(17(19)12-27)22(29)24-10-14-6-7-14/h4,8-9,14,17,19-21,27H,2-3,5-7,10-12H2,1H3,(H,24,29)/t17-,19-,20+,21+/m0/s1. The number of hydrogen-bond acceptors (Lipinski definition) is 4. The van der Waals surface area contributed by atoms with E-state index in [2.05, 4.69) is 11.4 Å². The zero-order valence-electron chi connectivity index (χ0n) is 17.3. The molecule has 0 aromatic carbocycles. The summed E-state index contributed by atoms with van der Waals surface area (Å²) < 4.78 is 1.75. The van der Waals surface area contributed by atoms with E-state index in [1.807, 2.05) is 12.1 Å². The molecule has 1 saturated heterocycles. The zero-order valence-corrected chi connectivity index (χ0v) is 17.3. The number of nitrogens with zero attached hydrogens (tertiary/aromatic N) is 2. The summed E-state index contributed by atoms with van der Waals surface area (Å²) in [5, 5.41) is 13.2. The number of aromatic nitrogens is 1. The molecule has 2 aliphatic carbocycles. The Hall–Kier alpha value is -2.41. The highest BCUT2D eigenvalue weighted by atomic mass is 16.3. The molecule has 4 atom stereocenters. The average molecular weight is 412 g/mol. The highest BCUT2D eigenvalue weighted by Crippen LogP contribution is 2.48. The van der Waals surface area contributed by atoms with Crippen molar-refractivity contribution in [2.24, 2.45) is 17.8 Å². The lowest BCUT2D eigenvalue weighted by Crippen LogP contribution is -2.48. The maximum Gasteiger partial charge on any atom is 0.258 e. The molecule has 30 heavy (non-hydrogen) atoms. The van der Waals surface area contributed by atoms with Gasteiger partial charge < -0.3 is 19.9 Å². The van der Waals surface area contributed by atoms with Crippen molar-refractivity contribution in [2.75, 3.05) is 13.2 Å². The van der Waals surface area contributed by atoms with E-state index in [0.29, 0.717) is 24.7 Å². The van der Waals surface area contributed by atoms with Crippen LogP contribution in [0.3, 0.4) is 0 Å². The fourth-order valence-electron chi connectivity index (χ4n) is 5.68. The van der Waals surface area contributed by atoms with Gasteiger partial charge in [-0.05, 0) is 55.7 Å². The summed E-state index contributed by atoms with van der Waals surface area (Å²) in [4.78, 5) is 40.8. The summed E-state index contributed by atoms with van der Waals surface area (Å²) in [5.41, 5.74) is 2.47. The lowest BCUT2D eigenvalue weighted by Gasteiger charge is -2.37. The molecule has 5 rings (SSSR count). The second-order valence-electron chi connectivity index (χ2n) is 9.21. The van der Waals surface area contributed by atoms with Crippen LogP contribution in [-0.4, -0.2) is 45.6 Å². The van der Waals surface area contributed by atoms with Crippen LogP contribution >= 0.6 is 0 Å². The Morgan fingerprint density at radius 1 is 1.27 bits per heavy atom. The first-order chi connectivity index (χ1) is 14.5. The number of nitrogens with one attached hydrogen (secondary N) is 1. The van der Waals surface area contributed by atoms with E-state index in [-0.39, 0.29) is 35.9 Å². The van der Waals surface area contributed by atoms with Crippen molar-refractivity contribution in [1.29, 1.82) is 0 Å². The number of aliphatic hydroxyl groups is 1. The Balaban J connectivity index is 1.57. The van der Waals surface area contributed by atoms with E-state index in [0.717, 1.165) is 43.2 Å². The van der Waals surface area contributed by atoms with Gasteiger partial charge in [0, 0.05) is 43.8 Å². The van der Waals surface area contributed by atoms with Crippen molar-refractivity contribution >= 4 is 17.4 Å². The quantitative estimate of drug-likeness (QED) is 0.767. The van der Waals surface area contributed by atoms with E-state index in [1.165, 1.54) is 6.92 Å². The van der Waals surface area contributed by atoms with Gasteiger partial charge in [0.05, 0.1) is 18.0 Å². The fraction of sp³-hybridized carbons (Fsp3) is 0.609. The highest BCUT2D eigenvalue weighted by molar-refractivity contribution is 5.83. The van der Waals surface area contributed by atoms with Crippen LogP contribution in [0.15, 0.2) is 23.0 Å². The lowest BCUT2D eigenvalue weighted by molar-refractivity contribution is -0.134. The van der Waals surface area contributed by atoms with Gasteiger partial charge in [-0.2, -0.15) is 0 Å². The summed E-state index contributed by atoms with van der Waals surface area (Å²) in [6, 6.07) is 2.90. The number of aliphatic hydroxyl groups excluding tert-OH is 1. The number of carbonyl (C=O) groups is 2. The molecule has 7 nitrogen and oxygen atoms in total. The third-order valence-electron chi connectivity index (χ3n) is 7.36. The Morgan fingerprint density at radius 2 is 2.07 bits per heavy atom. The van der Waals surface area contributed by atoms with Crippen molar-refractivity contribution < 1.29 is 14.7 Å². The third-order valence-corrected chi connectivity index (χ3v) is 7.36. The first-order valence-corrected chi connectivity index (χ1v) is 11.1. The van der Waals surface area contributed by atoms with Gasteiger partial charge in [-0.3, -0.25) is 14.4 Å². The van der Waals surface area contributed by atoms with Crippen molar-refractivity contribution in [3.05, 3.63) is 39.8 Å². The lowest BCUT2D eigenvalue weighted by atomic mass is 9.86. The van der Waals surface area contributed by atoms with Crippen LogP contribution in [-0.2, 0) is 16.1 Å². The van der Waals surface area contributed by atoms with Gasteiger partial charge >= 0.3 is 0 Å². The summed E-state index contributed by atoms with van der Waals surface area (Å²) in [7, 11) is 0. The molecule has 2 fully saturated rings. The molecule has 1 aromatic heterocycles. The summed E-state index contributed by atoms with van der Waals surface area (Å²) in [5.74, 6) is -0.632. The van der Waals surface area contributed by atoms with Crippen molar-refractivity contribution in [3.8, 4) is 0 Å². The minimum atomic E-state index is -0.549. The number of fused-ring (bicyclic) bond motifs is 4. The molecule has 0 radical (unpaired) electrons. The molecule has 2 N–H and O–H groups in total. The monoisotopic (exact) mass is 411 g/mol. The largest absolute Gasteiger partial charge is 0.396 e. The van der Waals surface area contributed by atoms with Crippen LogP contribution in [0.4, 0.5) is 0 Å². The molecule has 1 saturated carbocycles. The molecule has 0 spiro atoms. The average Bonchev–Trinajstić information content (AvgIpc) is 3.33. The van der Waals surface area contributed by atoms with Gasteiger partial charge in [-0.25, -0.2) is 0 Å². The van der Waals surface area contributed by atoms with Crippen LogP contribution in [0.2, 0.25) is 0 Å². The molecule has 0 unspecified atom stereocenters. The SMILES string of the molecule is CC(=O)N1[C@@H]2c3ccc(C4=CCCC4)c(=O)n3C[C@H]1[C@H](CO)[C@H]2C(=O)NCC1CC1. The van der Waals surface area contributed by atoms with E-state index >= 15 is 0 Å². The maximum atomic E-state index is 13.3. The van der Waals surface area contributed by atoms with E-state index in [9.17, 15) is 19.5 Å². The predicted molar refractivity (Wildman–Crippen MR) is 111 cm³/mol. The molecule has 1 aromatic rings. The Bertz CT molecular complexity index is 977. The summed E-state index contributed by atoms with van der Waals surface area (Å²) in [6.07, 6.45) is 7.37. The zero-order chi connectivity index (χ0) is 21.0. The van der Waals surface area contributed by atoms with Crippen molar-refractivity contribution in [2.45, 2.75) is 57.7 Å². The Morgan fingerprint density at radius 3 is 2.70 bits per heavy atom. The number of rotatable bonds is 5. The van der Waals surface area contributed by atoms with Crippen LogP contribution in [0.5, 0.6) is 0 Å². The predicted octanol–water partition coefficient (Wildman–Crippen LogP) is 1.45. The van der Waals surface area contributed by atoms with Gasteiger partial charge in [-0.15, -0.1) is 0 Å². The number of hydrogen-bond donors (Lipinski definition) is 2. The topological polar surface area (TPSA) is 91.6 Å². The summed E-state index contributed by atoms with van der Waals surface area (Å²) >= 11 is 0. The van der Waals surface area contributed by atoms with E-state index in [1.54, 1.807) is 9.47 Å². The molecular formula is C23H29N3O4. The first kappa shape index (κ1) is 19.5. The van der Waals surface area contributed by atoms with Gasteiger partial charge in [-0.1, -0.05) is 6.08 Å². The van der Waals surface area contributed by atoms with Gasteiger partial charge in [0.25, 0.3) is 5.56 Å². The minimum absolute atomic E-state index is 0.0467. The number of allylic oxidation sites excluding steroid dienone is 2. The first-order valence-electron chi connectivity index (χ1n) is 11.1. The molecule has 3 heterocycles. The number of amides is 2. The van der Waals surface area contributed by atoms with Crippen LogP contribution in [0.1, 0.15) is 56.3 Å². The maximum absolute atomic E-state index is 13.3. The highest BCUT2D eigenvalue weighted by Gasteiger charge is 2.56. The molecule has 2 bridgehead atoms. The van der Waals surface area contributed by atoms with Gasteiger partial charge in [0.2, 0.25) is 11.8 Å². The molecule has 160 valence electrons. The second-order valence-corrected chi connectivity index (χ2v) is 9.21. The van der Waals surface area contributed by atoms with E-state index in [4.69, 9.17) is 0 Å². The fourth-order valence-corrected chi connectivity index (χ4v) is 5.68. The summed E-state index contributed by atoms with van der Waals surface area (Å²) in [6.45, 7) is 2.28. The molecular weight excluding hydrogens is 382 g/mol. The molecule has 4 aliphatic rings.